The van der Waals surface area contributed by atoms with Gasteiger partial charge in [-0.3, -0.25) is 4.79 Å². The first-order valence-electron chi connectivity index (χ1n) is 8.46. The van der Waals surface area contributed by atoms with Crippen molar-refractivity contribution in [3.63, 3.8) is 0 Å². The van der Waals surface area contributed by atoms with Crippen molar-refractivity contribution < 1.29 is 4.79 Å². The summed E-state index contributed by atoms with van der Waals surface area (Å²) in [6.45, 7) is 10.1. The Hall–Kier alpha value is -0.570. The van der Waals surface area contributed by atoms with Gasteiger partial charge in [0.05, 0.1) is 0 Å². The van der Waals surface area contributed by atoms with Gasteiger partial charge in [-0.2, -0.15) is 0 Å². The van der Waals surface area contributed by atoms with Gasteiger partial charge in [0, 0.05) is 19.0 Å². The molecule has 2 rings (SSSR count). The second-order valence-corrected chi connectivity index (χ2v) is 7.88. The SMILES string of the molecule is CC(C)(C)CC1CCCN1C(=O)CCC1CCNCC1. The molecule has 0 aliphatic carbocycles. The summed E-state index contributed by atoms with van der Waals surface area (Å²) < 4.78 is 0. The molecule has 20 heavy (non-hydrogen) atoms. The normalized spacial score (nSPS) is 25.1. The molecule has 0 spiro atoms. The molecule has 2 aliphatic rings. The van der Waals surface area contributed by atoms with Crippen LogP contribution in [0.25, 0.3) is 0 Å². The lowest BCUT2D eigenvalue weighted by molar-refractivity contribution is -0.132. The molecule has 0 radical (unpaired) electrons. The molecule has 2 saturated heterocycles. The fourth-order valence-electron chi connectivity index (χ4n) is 3.72. The first-order chi connectivity index (χ1) is 9.46. The van der Waals surface area contributed by atoms with Crippen molar-refractivity contribution in [2.24, 2.45) is 11.3 Å². The summed E-state index contributed by atoms with van der Waals surface area (Å²) in [5, 5.41) is 3.39. The Balaban J connectivity index is 1.78. The lowest BCUT2D eigenvalue weighted by Gasteiger charge is -2.31. The van der Waals surface area contributed by atoms with E-state index in [0.717, 1.165) is 44.8 Å². The van der Waals surface area contributed by atoms with E-state index in [1.165, 1.54) is 25.7 Å². The van der Waals surface area contributed by atoms with Crippen LogP contribution in [0.1, 0.15) is 65.7 Å². The van der Waals surface area contributed by atoms with E-state index in [1.54, 1.807) is 0 Å². The molecule has 3 nitrogen and oxygen atoms in total. The number of hydrogen-bond acceptors (Lipinski definition) is 2. The van der Waals surface area contributed by atoms with Gasteiger partial charge in [0.2, 0.25) is 5.91 Å². The summed E-state index contributed by atoms with van der Waals surface area (Å²) in [5.74, 6) is 1.18. The molecular formula is C17H32N2O. The van der Waals surface area contributed by atoms with Crippen LogP contribution >= 0.6 is 0 Å². The van der Waals surface area contributed by atoms with Crippen LogP contribution in [-0.4, -0.2) is 36.5 Å². The standard InChI is InChI=1S/C17H32N2O/c1-17(2,3)13-15-5-4-12-19(15)16(20)7-6-14-8-10-18-11-9-14/h14-15,18H,4-13H2,1-3H3. The summed E-state index contributed by atoms with van der Waals surface area (Å²) in [6.07, 6.45) is 7.91. The van der Waals surface area contributed by atoms with Gasteiger partial charge in [-0.1, -0.05) is 20.8 Å². The van der Waals surface area contributed by atoms with Gasteiger partial charge < -0.3 is 10.2 Å². The van der Waals surface area contributed by atoms with Crippen molar-refractivity contribution in [3.8, 4) is 0 Å². The van der Waals surface area contributed by atoms with Crippen LogP contribution in [0.4, 0.5) is 0 Å². The van der Waals surface area contributed by atoms with E-state index in [1.807, 2.05) is 0 Å². The van der Waals surface area contributed by atoms with Crippen LogP contribution in [0, 0.1) is 11.3 Å². The molecule has 0 aromatic carbocycles. The van der Waals surface area contributed by atoms with Crippen molar-refractivity contribution in [1.29, 1.82) is 0 Å². The average molecular weight is 280 g/mol. The van der Waals surface area contributed by atoms with E-state index in [4.69, 9.17) is 0 Å². The highest BCUT2D eigenvalue weighted by Crippen LogP contribution is 2.30. The zero-order chi connectivity index (χ0) is 14.6. The number of nitrogens with zero attached hydrogens (tertiary/aromatic N) is 1. The van der Waals surface area contributed by atoms with Crippen molar-refractivity contribution in [2.75, 3.05) is 19.6 Å². The number of carbonyl (C=O) groups is 1. The van der Waals surface area contributed by atoms with Gasteiger partial charge in [0.25, 0.3) is 0 Å². The van der Waals surface area contributed by atoms with Crippen LogP contribution in [0.5, 0.6) is 0 Å². The Morgan fingerprint density at radius 2 is 1.90 bits per heavy atom. The Labute approximate surface area is 124 Å². The zero-order valence-electron chi connectivity index (χ0n) is 13.6. The fourth-order valence-corrected chi connectivity index (χ4v) is 3.72. The van der Waals surface area contributed by atoms with Crippen molar-refractivity contribution in [1.82, 2.24) is 10.2 Å². The molecular weight excluding hydrogens is 248 g/mol. The van der Waals surface area contributed by atoms with Gasteiger partial charge in [0.15, 0.2) is 0 Å². The Morgan fingerprint density at radius 1 is 1.20 bits per heavy atom. The fraction of sp³-hybridized carbons (Fsp3) is 0.941. The number of rotatable bonds is 4. The largest absolute Gasteiger partial charge is 0.340 e. The topological polar surface area (TPSA) is 32.3 Å². The number of carbonyl (C=O) groups excluding carboxylic acids is 1. The molecule has 0 aromatic heterocycles. The lowest BCUT2D eigenvalue weighted by atomic mass is 9.87. The quantitative estimate of drug-likeness (QED) is 0.857. The van der Waals surface area contributed by atoms with Gasteiger partial charge in [0.1, 0.15) is 0 Å². The molecule has 0 saturated carbocycles. The van der Waals surface area contributed by atoms with Crippen LogP contribution in [0.3, 0.4) is 0 Å². The maximum absolute atomic E-state index is 12.5. The second-order valence-electron chi connectivity index (χ2n) is 7.88. The van der Waals surface area contributed by atoms with Crippen LogP contribution in [0.15, 0.2) is 0 Å². The predicted octanol–water partition coefficient (Wildman–Crippen LogP) is 3.19. The summed E-state index contributed by atoms with van der Waals surface area (Å²) in [5.41, 5.74) is 0.322. The van der Waals surface area contributed by atoms with Gasteiger partial charge in [-0.15, -0.1) is 0 Å². The summed E-state index contributed by atoms with van der Waals surface area (Å²) >= 11 is 0. The minimum Gasteiger partial charge on any atom is -0.340 e. The molecule has 1 atom stereocenters. The number of amides is 1. The number of likely N-dealkylation sites (tertiary alicyclic amines) is 1. The van der Waals surface area contributed by atoms with Gasteiger partial charge in [-0.25, -0.2) is 0 Å². The average Bonchev–Trinajstić information content (AvgIpc) is 2.83. The maximum atomic E-state index is 12.5. The van der Waals surface area contributed by atoms with Crippen molar-refractivity contribution >= 4 is 5.91 Å². The first kappa shape index (κ1) is 15.8. The Kier molecular flexibility index (Phi) is 5.48. The molecule has 0 bridgehead atoms. The highest BCUT2D eigenvalue weighted by atomic mass is 16.2. The zero-order valence-corrected chi connectivity index (χ0v) is 13.6. The first-order valence-corrected chi connectivity index (χ1v) is 8.46. The smallest absolute Gasteiger partial charge is 0.222 e. The van der Waals surface area contributed by atoms with Crippen LogP contribution in [-0.2, 0) is 4.79 Å². The summed E-state index contributed by atoms with van der Waals surface area (Å²) in [4.78, 5) is 14.7. The number of hydrogen-bond donors (Lipinski definition) is 1. The van der Waals surface area contributed by atoms with E-state index in [9.17, 15) is 4.79 Å². The van der Waals surface area contributed by atoms with Crippen LogP contribution < -0.4 is 5.32 Å². The van der Waals surface area contributed by atoms with E-state index in [-0.39, 0.29) is 0 Å². The molecule has 0 aromatic rings. The second kappa shape index (κ2) is 6.93. The molecule has 1 amide bonds. The third-order valence-electron chi connectivity index (χ3n) is 4.77. The summed E-state index contributed by atoms with van der Waals surface area (Å²) in [6, 6.07) is 0.496. The third kappa shape index (κ3) is 4.76. The van der Waals surface area contributed by atoms with E-state index >= 15 is 0 Å². The van der Waals surface area contributed by atoms with Crippen LogP contribution in [0.2, 0.25) is 0 Å². The van der Waals surface area contributed by atoms with Crippen molar-refractivity contribution in [2.45, 2.75) is 71.8 Å². The molecule has 1 unspecified atom stereocenters. The maximum Gasteiger partial charge on any atom is 0.222 e. The molecule has 1 N–H and O–H groups in total. The number of piperidine rings is 1. The molecule has 116 valence electrons. The van der Waals surface area contributed by atoms with Gasteiger partial charge in [-0.05, 0) is 62.9 Å². The third-order valence-corrected chi connectivity index (χ3v) is 4.77. The Morgan fingerprint density at radius 3 is 2.55 bits per heavy atom. The molecule has 2 fully saturated rings. The van der Waals surface area contributed by atoms with E-state index in [2.05, 4.69) is 31.0 Å². The summed E-state index contributed by atoms with van der Waals surface area (Å²) in [7, 11) is 0. The monoisotopic (exact) mass is 280 g/mol. The minimum absolute atomic E-state index is 0.322. The molecule has 2 heterocycles. The molecule has 3 heteroatoms. The number of nitrogens with one attached hydrogen (secondary N) is 1. The highest BCUT2D eigenvalue weighted by Gasteiger charge is 2.31. The molecule has 2 aliphatic heterocycles. The van der Waals surface area contributed by atoms with Gasteiger partial charge >= 0.3 is 0 Å². The predicted molar refractivity (Wildman–Crippen MR) is 83.6 cm³/mol. The lowest BCUT2D eigenvalue weighted by Crippen LogP contribution is -2.38. The highest BCUT2D eigenvalue weighted by molar-refractivity contribution is 5.76. The Bertz CT molecular complexity index is 315. The van der Waals surface area contributed by atoms with Crippen molar-refractivity contribution in [3.05, 3.63) is 0 Å². The van der Waals surface area contributed by atoms with E-state index in [0.29, 0.717) is 17.4 Å². The minimum atomic E-state index is 0.322. The van der Waals surface area contributed by atoms with E-state index < -0.39 is 0 Å².